The number of carbonyl (C=O) groups excluding carboxylic acids is 3. The molecule has 3 amide bonds. The van der Waals surface area contributed by atoms with Gasteiger partial charge in [0.2, 0.25) is 0 Å². The third-order valence-corrected chi connectivity index (χ3v) is 4.44. The predicted octanol–water partition coefficient (Wildman–Crippen LogP) is 2.81. The molecule has 1 saturated heterocycles. The van der Waals surface area contributed by atoms with Gasteiger partial charge in [-0.25, -0.2) is 4.79 Å². The average molecular weight is 427 g/mol. The zero-order chi connectivity index (χ0) is 22.4. The van der Waals surface area contributed by atoms with Gasteiger partial charge in [-0.3, -0.25) is 14.5 Å². The number of nitrogens with one attached hydrogen (secondary N) is 2. The highest BCUT2D eigenvalue weighted by Gasteiger charge is 2.26. The Morgan fingerprint density at radius 3 is 2.61 bits per heavy atom. The fraction of sp³-hybridized carbons (Fsp3) is 0.318. The van der Waals surface area contributed by atoms with Crippen molar-refractivity contribution in [3.05, 3.63) is 48.0 Å². The molecular formula is C22H25N3O6. The first kappa shape index (κ1) is 21.9. The summed E-state index contributed by atoms with van der Waals surface area (Å²) in [6.07, 6.45) is -0.452. The second-order valence-corrected chi connectivity index (χ2v) is 7.11. The molecule has 0 saturated carbocycles. The lowest BCUT2D eigenvalue weighted by molar-refractivity contribution is -0.123. The summed E-state index contributed by atoms with van der Waals surface area (Å²) in [4.78, 5) is 38.0. The van der Waals surface area contributed by atoms with Crippen LogP contribution in [0.3, 0.4) is 0 Å². The first-order valence-electron chi connectivity index (χ1n) is 9.84. The molecule has 0 radical (unpaired) electrons. The quantitative estimate of drug-likeness (QED) is 0.671. The zero-order valence-electron chi connectivity index (χ0n) is 17.6. The van der Waals surface area contributed by atoms with Crippen LogP contribution in [0, 0.1) is 0 Å². The van der Waals surface area contributed by atoms with E-state index in [1.807, 2.05) is 13.8 Å². The largest absolute Gasteiger partial charge is 0.493 e. The highest BCUT2D eigenvalue weighted by molar-refractivity contribution is 6.07. The van der Waals surface area contributed by atoms with Crippen LogP contribution in [0.25, 0.3) is 0 Å². The summed E-state index contributed by atoms with van der Waals surface area (Å²) in [6, 6.07) is 11.7. The van der Waals surface area contributed by atoms with E-state index in [0.29, 0.717) is 41.6 Å². The SMILES string of the molecule is COc1cc(C(=O)Nc2ccccc2N2CCOC2=O)ccc1OCC(=O)NC(C)C. The van der Waals surface area contributed by atoms with Crippen LogP contribution in [-0.4, -0.2) is 50.8 Å². The van der Waals surface area contributed by atoms with Crippen LogP contribution < -0.4 is 25.0 Å². The van der Waals surface area contributed by atoms with Crippen LogP contribution in [-0.2, 0) is 9.53 Å². The minimum atomic E-state index is -0.452. The Balaban J connectivity index is 1.73. The van der Waals surface area contributed by atoms with Gasteiger partial charge in [0.15, 0.2) is 18.1 Å². The number of para-hydroxylation sites is 2. The lowest BCUT2D eigenvalue weighted by Crippen LogP contribution is -2.34. The minimum Gasteiger partial charge on any atom is -0.493 e. The molecule has 1 aliphatic heterocycles. The van der Waals surface area contributed by atoms with E-state index in [0.717, 1.165) is 0 Å². The molecule has 164 valence electrons. The summed E-state index contributed by atoms with van der Waals surface area (Å²) >= 11 is 0. The van der Waals surface area contributed by atoms with E-state index >= 15 is 0 Å². The van der Waals surface area contributed by atoms with Crippen molar-refractivity contribution in [3.63, 3.8) is 0 Å². The molecular weight excluding hydrogens is 402 g/mol. The van der Waals surface area contributed by atoms with Gasteiger partial charge in [-0.15, -0.1) is 0 Å². The van der Waals surface area contributed by atoms with E-state index in [4.69, 9.17) is 14.2 Å². The lowest BCUT2D eigenvalue weighted by atomic mass is 10.1. The van der Waals surface area contributed by atoms with E-state index in [1.54, 1.807) is 36.4 Å². The van der Waals surface area contributed by atoms with Gasteiger partial charge in [-0.2, -0.15) is 0 Å². The summed E-state index contributed by atoms with van der Waals surface area (Å²) in [5.41, 5.74) is 1.37. The van der Waals surface area contributed by atoms with Crippen LogP contribution >= 0.6 is 0 Å². The van der Waals surface area contributed by atoms with Gasteiger partial charge in [0.05, 0.1) is 25.0 Å². The van der Waals surface area contributed by atoms with Crippen LogP contribution in [0.1, 0.15) is 24.2 Å². The Morgan fingerprint density at radius 1 is 1.16 bits per heavy atom. The Labute approximate surface area is 180 Å². The average Bonchev–Trinajstić information content (AvgIpc) is 3.17. The first-order valence-corrected chi connectivity index (χ1v) is 9.84. The van der Waals surface area contributed by atoms with Crippen molar-refractivity contribution in [2.45, 2.75) is 19.9 Å². The van der Waals surface area contributed by atoms with Gasteiger partial charge in [0.1, 0.15) is 6.61 Å². The van der Waals surface area contributed by atoms with Gasteiger partial charge in [0.25, 0.3) is 11.8 Å². The van der Waals surface area contributed by atoms with Crippen molar-refractivity contribution in [3.8, 4) is 11.5 Å². The molecule has 0 aliphatic carbocycles. The van der Waals surface area contributed by atoms with Gasteiger partial charge in [-0.05, 0) is 44.2 Å². The molecule has 1 aliphatic rings. The van der Waals surface area contributed by atoms with Gasteiger partial charge in [0, 0.05) is 11.6 Å². The number of methoxy groups -OCH3 is 1. The van der Waals surface area contributed by atoms with E-state index in [9.17, 15) is 14.4 Å². The lowest BCUT2D eigenvalue weighted by Gasteiger charge is -2.18. The Hall–Kier alpha value is -3.75. The standard InChI is InChI=1S/C22H25N3O6/c1-14(2)23-20(26)13-31-18-9-8-15(12-19(18)29-3)21(27)24-16-6-4-5-7-17(16)25-10-11-30-22(25)28/h4-9,12,14H,10-11,13H2,1-3H3,(H,23,26)(H,24,27). The van der Waals surface area contributed by atoms with E-state index in [1.165, 1.54) is 18.1 Å². The van der Waals surface area contributed by atoms with Crippen molar-refractivity contribution < 1.29 is 28.6 Å². The number of hydrogen-bond donors (Lipinski definition) is 2. The van der Waals surface area contributed by atoms with Crippen molar-refractivity contribution >= 4 is 29.3 Å². The molecule has 1 fully saturated rings. The van der Waals surface area contributed by atoms with Gasteiger partial charge < -0.3 is 24.8 Å². The van der Waals surface area contributed by atoms with Crippen molar-refractivity contribution in [2.24, 2.45) is 0 Å². The van der Waals surface area contributed by atoms with Crippen molar-refractivity contribution in [1.29, 1.82) is 0 Å². The Bertz CT molecular complexity index is 975. The summed E-state index contributed by atoms with van der Waals surface area (Å²) in [7, 11) is 1.45. The summed E-state index contributed by atoms with van der Waals surface area (Å²) < 4.78 is 15.8. The fourth-order valence-electron chi connectivity index (χ4n) is 3.06. The van der Waals surface area contributed by atoms with Crippen LogP contribution in [0.2, 0.25) is 0 Å². The molecule has 31 heavy (non-hydrogen) atoms. The summed E-state index contributed by atoms with van der Waals surface area (Å²) in [5.74, 6) is 0.0258. The number of rotatable bonds is 8. The number of amides is 3. The molecule has 0 aromatic heterocycles. The minimum absolute atomic E-state index is 0.00867. The number of anilines is 2. The zero-order valence-corrected chi connectivity index (χ0v) is 17.6. The molecule has 0 spiro atoms. The Morgan fingerprint density at radius 2 is 1.94 bits per heavy atom. The highest BCUT2D eigenvalue weighted by Crippen LogP contribution is 2.31. The summed E-state index contributed by atoms with van der Waals surface area (Å²) in [6.45, 7) is 4.26. The van der Waals surface area contributed by atoms with Crippen LogP contribution in [0.15, 0.2) is 42.5 Å². The third kappa shape index (κ3) is 5.44. The van der Waals surface area contributed by atoms with Crippen molar-refractivity contribution in [1.82, 2.24) is 5.32 Å². The number of ether oxygens (including phenoxy) is 3. The number of hydrogen-bond acceptors (Lipinski definition) is 6. The molecule has 2 aromatic rings. The number of benzene rings is 2. The smallest absolute Gasteiger partial charge is 0.414 e. The molecule has 0 bridgehead atoms. The third-order valence-electron chi connectivity index (χ3n) is 4.44. The predicted molar refractivity (Wildman–Crippen MR) is 115 cm³/mol. The van der Waals surface area contributed by atoms with Crippen molar-refractivity contribution in [2.75, 3.05) is 37.1 Å². The molecule has 3 rings (SSSR count). The summed E-state index contributed by atoms with van der Waals surface area (Å²) in [5, 5.41) is 5.55. The first-order chi connectivity index (χ1) is 14.9. The number of nitrogens with zero attached hydrogens (tertiary/aromatic N) is 1. The highest BCUT2D eigenvalue weighted by atomic mass is 16.6. The number of carbonyl (C=O) groups is 3. The monoisotopic (exact) mass is 427 g/mol. The van der Waals surface area contributed by atoms with E-state index in [-0.39, 0.29) is 24.5 Å². The van der Waals surface area contributed by atoms with E-state index < -0.39 is 6.09 Å². The maximum absolute atomic E-state index is 12.8. The second kappa shape index (κ2) is 9.84. The fourth-order valence-corrected chi connectivity index (χ4v) is 3.06. The molecule has 2 N–H and O–H groups in total. The van der Waals surface area contributed by atoms with Gasteiger partial charge in [-0.1, -0.05) is 12.1 Å². The number of cyclic esters (lactones) is 1. The topological polar surface area (TPSA) is 106 Å². The maximum Gasteiger partial charge on any atom is 0.414 e. The molecule has 0 unspecified atom stereocenters. The molecule has 9 nitrogen and oxygen atoms in total. The Kier molecular flexibility index (Phi) is 6.96. The van der Waals surface area contributed by atoms with E-state index in [2.05, 4.69) is 10.6 Å². The van der Waals surface area contributed by atoms with Crippen LogP contribution in [0.4, 0.5) is 16.2 Å². The molecule has 1 heterocycles. The van der Waals surface area contributed by atoms with Crippen LogP contribution in [0.5, 0.6) is 11.5 Å². The molecule has 9 heteroatoms. The maximum atomic E-state index is 12.8. The normalized spacial score (nSPS) is 13.0. The molecule has 0 atom stereocenters. The second-order valence-electron chi connectivity index (χ2n) is 7.11. The molecule has 2 aromatic carbocycles. The van der Waals surface area contributed by atoms with Gasteiger partial charge >= 0.3 is 6.09 Å².